The Morgan fingerprint density at radius 2 is 1.50 bits per heavy atom. The lowest BCUT2D eigenvalue weighted by Gasteiger charge is -2.34. The Labute approximate surface area is 151 Å². The van der Waals surface area contributed by atoms with Crippen LogP contribution in [0.1, 0.15) is 20.7 Å². The summed E-state index contributed by atoms with van der Waals surface area (Å²) in [5.41, 5.74) is 24.4. The summed E-state index contributed by atoms with van der Waals surface area (Å²) in [6, 6.07) is 12.1. The quantitative estimate of drug-likeness (QED) is 0.487. The van der Waals surface area contributed by atoms with Crippen molar-refractivity contribution >= 4 is 22.9 Å². The van der Waals surface area contributed by atoms with E-state index in [1.165, 1.54) is 12.1 Å². The minimum Gasteiger partial charge on any atom is -0.399 e. The van der Waals surface area contributed by atoms with Gasteiger partial charge in [0.25, 0.3) is 0 Å². The molecular formula is C20H20N4O2. The fourth-order valence-electron chi connectivity index (χ4n) is 2.99. The van der Waals surface area contributed by atoms with Crippen molar-refractivity contribution in [3.8, 4) is 0 Å². The predicted molar refractivity (Wildman–Crippen MR) is 102 cm³/mol. The fraction of sp³-hybridized carbons (Fsp3) is 0.100. The third-order valence-electron chi connectivity index (χ3n) is 4.45. The lowest BCUT2D eigenvalue weighted by molar-refractivity contribution is 0.0903. The molecule has 0 fully saturated rings. The van der Waals surface area contributed by atoms with Gasteiger partial charge in [-0.2, -0.15) is 0 Å². The normalized spacial score (nSPS) is 21.9. The molecule has 1 aliphatic carbocycles. The van der Waals surface area contributed by atoms with Gasteiger partial charge in [0, 0.05) is 28.1 Å². The van der Waals surface area contributed by atoms with E-state index in [1.54, 1.807) is 54.6 Å². The van der Waals surface area contributed by atoms with E-state index in [0.29, 0.717) is 22.5 Å². The highest BCUT2D eigenvalue weighted by Gasteiger charge is 2.43. The SMILES string of the molecule is Nc1cccc(C(=O)C2=CC=CC(N)(C(=O)c3cccc(N)c3)C2N)c1. The molecule has 2 atom stereocenters. The molecule has 0 radical (unpaired) electrons. The Kier molecular flexibility index (Phi) is 4.46. The van der Waals surface area contributed by atoms with Crippen LogP contribution in [0.5, 0.6) is 0 Å². The average molecular weight is 348 g/mol. The van der Waals surface area contributed by atoms with Crippen LogP contribution in [-0.4, -0.2) is 23.1 Å². The van der Waals surface area contributed by atoms with Gasteiger partial charge in [-0.15, -0.1) is 0 Å². The van der Waals surface area contributed by atoms with Crippen molar-refractivity contribution in [3.63, 3.8) is 0 Å². The van der Waals surface area contributed by atoms with E-state index in [1.807, 2.05) is 0 Å². The van der Waals surface area contributed by atoms with Crippen LogP contribution in [0.25, 0.3) is 0 Å². The lowest BCUT2D eigenvalue weighted by Crippen LogP contribution is -2.61. The Balaban J connectivity index is 1.95. The highest BCUT2D eigenvalue weighted by atomic mass is 16.1. The second-order valence-electron chi connectivity index (χ2n) is 6.30. The smallest absolute Gasteiger partial charge is 0.190 e. The van der Waals surface area contributed by atoms with Crippen molar-refractivity contribution in [1.29, 1.82) is 0 Å². The van der Waals surface area contributed by atoms with Crippen LogP contribution in [0, 0.1) is 0 Å². The number of nitrogen functional groups attached to an aromatic ring is 2. The number of carbonyl (C=O) groups is 2. The number of ketones is 2. The molecule has 0 aliphatic heterocycles. The Morgan fingerprint density at radius 3 is 2.12 bits per heavy atom. The number of anilines is 2. The standard InChI is InChI=1S/C20H20N4O2/c21-14-6-1-4-12(10-14)17(25)16-8-3-9-20(24,18(16)23)19(26)13-5-2-7-15(22)11-13/h1-11,18H,21-24H2. The number of hydrogen-bond donors (Lipinski definition) is 4. The topological polar surface area (TPSA) is 138 Å². The zero-order valence-electron chi connectivity index (χ0n) is 14.1. The molecule has 8 N–H and O–H groups in total. The van der Waals surface area contributed by atoms with Gasteiger partial charge in [0.2, 0.25) is 0 Å². The van der Waals surface area contributed by atoms with Gasteiger partial charge in [-0.3, -0.25) is 9.59 Å². The molecule has 0 heterocycles. The molecule has 2 aromatic rings. The molecule has 1 aliphatic rings. The predicted octanol–water partition coefficient (Wildman–Crippen LogP) is 1.44. The van der Waals surface area contributed by atoms with Crippen molar-refractivity contribution in [3.05, 3.63) is 83.5 Å². The Morgan fingerprint density at radius 1 is 0.923 bits per heavy atom. The summed E-state index contributed by atoms with van der Waals surface area (Å²) in [4.78, 5) is 25.8. The molecule has 3 rings (SSSR count). The zero-order chi connectivity index (χ0) is 18.9. The largest absolute Gasteiger partial charge is 0.399 e. The molecule has 0 amide bonds. The molecular weight excluding hydrogens is 328 g/mol. The van der Waals surface area contributed by atoms with Gasteiger partial charge in [-0.05, 0) is 24.3 Å². The summed E-state index contributed by atoms with van der Waals surface area (Å²) >= 11 is 0. The summed E-state index contributed by atoms with van der Waals surface area (Å²) < 4.78 is 0. The lowest BCUT2D eigenvalue weighted by atomic mass is 9.75. The molecule has 6 nitrogen and oxygen atoms in total. The third-order valence-corrected chi connectivity index (χ3v) is 4.45. The fourth-order valence-corrected chi connectivity index (χ4v) is 2.99. The van der Waals surface area contributed by atoms with E-state index >= 15 is 0 Å². The molecule has 2 aromatic carbocycles. The van der Waals surface area contributed by atoms with Gasteiger partial charge in [0.15, 0.2) is 11.6 Å². The number of rotatable bonds is 4. The molecule has 2 unspecified atom stereocenters. The molecule has 0 aromatic heterocycles. The molecule has 26 heavy (non-hydrogen) atoms. The van der Waals surface area contributed by atoms with E-state index < -0.39 is 17.4 Å². The van der Waals surface area contributed by atoms with Crippen LogP contribution >= 0.6 is 0 Å². The number of carbonyl (C=O) groups excluding carboxylic acids is 2. The molecule has 132 valence electrons. The van der Waals surface area contributed by atoms with Gasteiger partial charge in [0.1, 0.15) is 5.54 Å². The first-order valence-corrected chi connectivity index (χ1v) is 8.07. The summed E-state index contributed by atoms with van der Waals surface area (Å²) in [6.07, 6.45) is 4.67. The van der Waals surface area contributed by atoms with Gasteiger partial charge in [0.05, 0.1) is 6.04 Å². The van der Waals surface area contributed by atoms with Crippen molar-refractivity contribution < 1.29 is 9.59 Å². The minimum atomic E-state index is -1.55. The van der Waals surface area contributed by atoms with E-state index in [-0.39, 0.29) is 11.4 Å². The van der Waals surface area contributed by atoms with Gasteiger partial charge in [-0.25, -0.2) is 0 Å². The van der Waals surface area contributed by atoms with Crippen molar-refractivity contribution in [2.24, 2.45) is 11.5 Å². The summed E-state index contributed by atoms with van der Waals surface area (Å²) in [5, 5.41) is 0. The average Bonchev–Trinajstić information content (AvgIpc) is 2.63. The van der Waals surface area contributed by atoms with E-state index in [0.717, 1.165) is 0 Å². The van der Waals surface area contributed by atoms with Crippen LogP contribution in [-0.2, 0) is 0 Å². The Bertz CT molecular complexity index is 948. The van der Waals surface area contributed by atoms with E-state index in [9.17, 15) is 9.59 Å². The van der Waals surface area contributed by atoms with Gasteiger partial charge >= 0.3 is 0 Å². The summed E-state index contributed by atoms with van der Waals surface area (Å²) in [7, 11) is 0. The maximum Gasteiger partial charge on any atom is 0.190 e. The van der Waals surface area contributed by atoms with Crippen molar-refractivity contribution in [2.45, 2.75) is 11.6 Å². The van der Waals surface area contributed by atoms with E-state index in [2.05, 4.69) is 0 Å². The second-order valence-corrected chi connectivity index (χ2v) is 6.30. The zero-order valence-corrected chi connectivity index (χ0v) is 14.1. The molecule has 0 saturated carbocycles. The number of nitrogens with two attached hydrogens (primary N) is 4. The molecule has 6 heteroatoms. The van der Waals surface area contributed by atoms with Crippen molar-refractivity contribution in [2.75, 3.05) is 11.5 Å². The van der Waals surface area contributed by atoms with Crippen LogP contribution in [0.2, 0.25) is 0 Å². The maximum absolute atomic E-state index is 13.0. The summed E-state index contributed by atoms with van der Waals surface area (Å²) in [6.45, 7) is 0. The van der Waals surface area contributed by atoms with Crippen molar-refractivity contribution in [1.82, 2.24) is 0 Å². The number of hydrogen-bond acceptors (Lipinski definition) is 6. The van der Waals surface area contributed by atoms with Crippen LogP contribution in [0.3, 0.4) is 0 Å². The molecule has 0 bridgehead atoms. The molecule has 0 spiro atoms. The van der Waals surface area contributed by atoms with E-state index in [4.69, 9.17) is 22.9 Å². The first-order chi connectivity index (χ1) is 12.3. The first kappa shape index (κ1) is 17.6. The van der Waals surface area contributed by atoms with Gasteiger partial charge in [-0.1, -0.05) is 42.5 Å². The highest BCUT2D eigenvalue weighted by molar-refractivity contribution is 6.13. The van der Waals surface area contributed by atoms with Crippen LogP contribution in [0.15, 0.2) is 72.3 Å². The number of Topliss-reactive ketones (excluding diaryl/α,β-unsaturated/α-hetero) is 2. The first-order valence-electron chi connectivity index (χ1n) is 8.07. The minimum absolute atomic E-state index is 0.248. The second kappa shape index (κ2) is 6.59. The number of allylic oxidation sites excluding steroid dienone is 2. The molecule has 0 saturated heterocycles. The summed E-state index contributed by atoms with van der Waals surface area (Å²) in [5.74, 6) is -0.719. The number of benzene rings is 2. The van der Waals surface area contributed by atoms with Crippen LogP contribution < -0.4 is 22.9 Å². The maximum atomic E-state index is 13.0. The highest BCUT2D eigenvalue weighted by Crippen LogP contribution is 2.27. The van der Waals surface area contributed by atoms with Crippen LogP contribution in [0.4, 0.5) is 11.4 Å². The third kappa shape index (κ3) is 3.03. The monoisotopic (exact) mass is 348 g/mol. The Hall–Kier alpha value is -3.22. The van der Waals surface area contributed by atoms with Gasteiger partial charge < -0.3 is 22.9 Å².